The molecule has 0 radical (unpaired) electrons. The van der Waals surface area contributed by atoms with Gasteiger partial charge in [0.1, 0.15) is 0 Å². The molecule has 5 heteroatoms. The van der Waals surface area contributed by atoms with Crippen molar-refractivity contribution >= 4 is 6.09 Å². The molecule has 0 aromatic rings. The number of halogens is 1. The van der Waals surface area contributed by atoms with Gasteiger partial charge in [-0.3, -0.25) is 0 Å². The first-order chi connectivity index (χ1) is 6.16. The van der Waals surface area contributed by atoms with Gasteiger partial charge in [-0.2, -0.15) is 0 Å². The van der Waals surface area contributed by atoms with Gasteiger partial charge in [0, 0.05) is 13.0 Å². The zero-order valence-corrected chi connectivity index (χ0v) is 9.99. The Morgan fingerprint density at radius 1 is 1.43 bits per heavy atom. The van der Waals surface area contributed by atoms with Crippen LogP contribution in [0.4, 0.5) is 4.79 Å². The number of ether oxygens (including phenoxy) is 1. The first-order valence-electron chi connectivity index (χ1n) is 4.86. The van der Waals surface area contributed by atoms with Gasteiger partial charge >= 0.3 is 6.09 Å². The molecule has 0 saturated carbocycles. The molecule has 0 bridgehead atoms. The average molecular weight is 225 g/mol. The molecule has 14 heavy (non-hydrogen) atoms. The van der Waals surface area contributed by atoms with E-state index in [9.17, 15) is 4.79 Å². The highest BCUT2D eigenvalue weighted by molar-refractivity contribution is 5.66. The number of quaternary nitrogens is 1. The molecule has 0 aliphatic rings. The maximum absolute atomic E-state index is 10.9. The van der Waals surface area contributed by atoms with E-state index in [-0.39, 0.29) is 18.5 Å². The Balaban J connectivity index is 0. The number of rotatable bonds is 6. The minimum atomic E-state index is -0.296. The van der Waals surface area contributed by atoms with Crippen molar-refractivity contribution < 1.29 is 26.8 Å². The Labute approximate surface area is 92.4 Å². The number of amides is 1. The number of hydrogen-bond donors (Lipinski definition) is 2. The second kappa shape index (κ2) is 10.6. The maximum atomic E-state index is 10.9. The van der Waals surface area contributed by atoms with Gasteiger partial charge in [0.05, 0.1) is 27.2 Å². The van der Waals surface area contributed by atoms with E-state index in [0.29, 0.717) is 13.2 Å². The van der Waals surface area contributed by atoms with Gasteiger partial charge in [-0.05, 0) is 6.42 Å². The second-order valence-electron chi connectivity index (χ2n) is 3.37. The van der Waals surface area contributed by atoms with Crippen LogP contribution in [0, 0.1) is 0 Å². The van der Waals surface area contributed by atoms with Crippen molar-refractivity contribution in [1.29, 1.82) is 0 Å². The summed E-state index contributed by atoms with van der Waals surface area (Å²) in [5.41, 5.74) is 0. The summed E-state index contributed by atoms with van der Waals surface area (Å²) in [6.07, 6.45) is 1.56. The SMILES string of the molecule is CCCOC(=O)NCCC[NH+](C)C.[Cl-]. The Bertz CT molecular complexity index is 143. The Hall–Kier alpha value is -0.480. The molecular weight excluding hydrogens is 204 g/mol. The zero-order valence-electron chi connectivity index (χ0n) is 9.23. The lowest BCUT2D eigenvalue weighted by atomic mass is 10.4. The number of carbonyl (C=O) groups excluding carboxylic acids is 1. The van der Waals surface area contributed by atoms with Gasteiger partial charge in [-0.15, -0.1) is 0 Å². The number of hydrogen-bond acceptors (Lipinski definition) is 2. The lowest BCUT2D eigenvalue weighted by Gasteiger charge is -2.08. The minimum Gasteiger partial charge on any atom is -1.00 e. The molecule has 4 nitrogen and oxygen atoms in total. The van der Waals surface area contributed by atoms with Gasteiger partial charge < -0.3 is 27.4 Å². The molecule has 86 valence electrons. The van der Waals surface area contributed by atoms with Crippen LogP contribution in [0.3, 0.4) is 0 Å². The fourth-order valence-corrected chi connectivity index (χ4v) is 0.878. The van der Waals surface area contributed by atoms with Gasteiger partial charge in [0.2, 0.25) is 0 Å². The summed E-state index contributed by atoms with van der Waals surface area (Å²) in [6.45, 7) is 4.25. The predicted molar refractivity (Wildman–Crippen MR) is 51.9 cm³/mol. The van der Waals surface area contributed by atoms with E-state index >= 15 is 0 Å². The molecule has 0 unspecified atom stereocenters. The summed E-state index contributed by atoms with van der Waals surface area (Å²) in [4.78, 5) is 12.3. The first-order valence-corrected chi connectivity index (χ1v) is 4.86. The van der Waals surface area contributed by atoms with E-state index in [1.165, 1.54) is 4.90 Å². The van der Waals surface area contributed by atoms with E-state index in [4.69, 9.17) is 4.74 Å². The highest BCUT2D eigenvalue weighted by Crippen LogP contribution is 1.81. The monoisotopic (exact) mass is 224 g/mol. The van der Waals surface area contributed by atoms with Gasteiger partial charge in [-0.1, -0.05) is 6.92 Å². The van der Waals surface area contributed by atoms with Gasteiger partial charge in [0.15, 0.2) is 0 Å². The molecule has 0 atom stereocenters. The van der Waals surface area contributed by atoms with Crippen LogP contribution in [0.25, 0.3) is 0 Å². The predicted octanol–water partition coefficient (Wildman–Crippen LogP) is -3.34. The molecule has 0 aromatic carbocycles. The smallest absolute Gasteiger partial charge is 0.407 e. The molecule has 0 aliphatic carbocycles. The fraction of sp³-hybridized carbons (Fsp3) is 0.889. The van der Waals surface area contributed by atoms with Crippen LogP contribution < -0.4 is 22.6 Å². The highest BCUT2D eigenvalue weighted by Gasteiger charge is 2.00. The quantitative estimate of drug-likeness (QED) is 0.464. The lowest BCUT2D eigenvalue weighted by Crippen LogP contribution is -3.05. The lowest BCUT2D eigenvalue weighted by molar-refractivity contribution is -0.858. The highest BCUT2D eigenvalue weighted by atomic mass is 35.5. The topological polar surface area (TPSA) is 42.8 Å². The molecule has 0 aliphatic heterocycles. The number of carbonyl (C=O) groups is 1. The molecule has 0 saturated heterocycles. The van der Waals surface area contributed by atoms with Crippen LogP contribution in [-0.2, 0) is 4.74 Å². The van der Waals surface area contributed by atoms with Crippen molar-refractivity contribution in [3.8, 4) is 0 Å². The van der Waals surface area contributed by atoms with E-state index in [2.05, 4.69) is 19.4 Å². The van der Waals surface area contributed by atoms with Gasteiger partial charge in [0.25, 0.3) is 0 Å². The molecule has 0 rings (SSSR count). The summed E-state index contributed by atoms with van der Waals surface area (Å²) in [5, 5.41) is 2.70. The van der Waals surface area contributed by atoms with Gasteiger partial charge in [-0.25, -0.2) is 4.79 Å². The third kappa shape index (κ3) is 11.5. The molecule has 1 amide bonds. The Kier molecular flexibility index (Phi) is 12.1. The normalized spacial score (nSPS) is 9.43. The van der Waals surface area contributed by atoms with Crippen molar-refractivity contribution in [2.45, 2.75) is 19.8 Å². The molecule has 0 fully saturated rings. The summed E-state index contributed by atoms with van der Waals surface area (Å²) in [5.74, 6) is 0. The molecule has 0 heterocycles. The summed E-state index contributed by atoms with van der Waals surface area (Å²) >= 11 is 0. The fourth-order valence-electron chi connectivity index (χ4n) is 0.878. The molecule has 0 spiro atoms. The molecule has 2 N–H and O–H groups in total. The number of alkyl carbamates (subject to hydrolysis) is 1. The van der Waals surface area contributed by atoms with Crippen molar-refractivity contribution in [2.75, 3.05) is 33.8 Å². The Morgan fingerprint density at radius 2 is 2.07 bits per heavy atom. The van der Waals surface area contributed by atoms with Crippen LogP contribution in [-0.4, -0.2) is 39.9 Å². The van der Waals surface area contributed by atoms with E-state index in [1.54, 1.807) is 0 Å². The Morgan fingerprint density at radius 3 is 2.57 bits per heavy atom. The second-order valence-corrected chi connectivity index (χ2v) is 3.37. The largest absolute Gasteiger partial charge is 1.00 e. The van der Waals surface area contributed by atoms with Crippen LogP contribution in [0.15, 0.2) is 0 Å². The van der Waals surface area contributed by atoms with E-state index in [0.717, 1.165) is 19.4 Å². The summed E-state index contributed by atoms with van der Waals surface area (Å²) in [7, 11) is 4.19. The summed E-state index contributed by atoms with van der Waals surface area (Å²) < 4.78 is 4.84. The van der Waals surface area contributed by atoms with Crippen molar-refractivity contribution in [3.63, 3.8) is 0 Å². The van der Waals surface area contributed by atoms with Crippen molar-refractivity contribution in [1.82, 2.24) is 5.32 Å². The third-order valence-corrected chi connectivity index (χ3v) is 1.56. The average Bonchev–Trinajstić information content (AvgIpc) is 2.08. The molecule has 0 aromatic heterocycles. The van der Waals surface area contributed by atoms with Crippen LogP contribution >= 0.6 is 0 Å². The maximum Gasteiger partial charge on any atom is 0.407 e. The minimum absolute atomic E-state index is 0. The van der Waals surface area contributed by atoms with Crippen LogP contribution in [0.5, 0.6) is 0 Å². The van der Waals surface area contributed by atoms with E-state index < -0.39 is 0 Å². The standard InChI is InChI=1S/C9H20N2O2.ClH/c1-4-8-13-9(12)10-6-5-7-11(2)3;/h4-8H2,1-3H3,(H,10,12);1H. The first kappa shape index (κ1) is 16.0. The third-order valence-electron chi connectivity index (χ3n) is 1.56. The summed E-state index contributed by atoms with van der Waals surface area (Å²) in [6, 6.07) is 0. The molecular formula is C9H21ClN2O2. The van der Waals surface area contributed by atoms with Crippen molar-refractivity contribution in [2.24, 2.45) is 0 Å². The number of nitrogens with one attached hydrogen (secondary N) is 2. The van der Waals surface area contributed by atoms with Crippen LogP contribution in [0.1, 0.15) is 19.8 Å². The van der Waals surface area contributed by atoms with Crippen molar-refractivity contribution in [3.05, 3.63) is 0 Å². The zero-order chi connectivity index (χ0) is 10.1. The van der Waals surface area contributed by atoms with Crippen LogP contribution in [0.2, 0.25) is 0 Å². The van der Waals surface area contributed by atoms with E-state index in [1.807, 2.05) is 6.92 Å².